The normalized spacial score (nSPS) is 12.6. The Morgan fingerprint density at radius 1 is 1.47 bits per heavy atom. The van der Waals surface area contributed by atoms with E-state index in [1.165, 1.54) is 18.2 Å². The molecule has 0 bridgehead atoms. The fourth-order valence-corrected chi connectivity index (χ4v) is 1.62. The second kappa shape index (κ2) is 7.69. The summed E-state index contributed by atoms with van der Waals surface area (Å²) >= 11 is 0. The van der Waals surface area contributed by atoms with Crippen LogP contribution in [0.15, 0.2) is 24.3 Å². The number of ketones is 1. The first-order chi connectivity index (χ1) is 9.05. The van der Waals surface area contributed by atoms with Crippen molar-refractivity contribution in [1.82, 2.24) is 5.32 Å². The van der Waals surface area contributed by atoms with Gasteiger partial charge in [0.2, 0.25) is 0 Å². The molecule has 1 N–H and O–H groups in total. The van der Waals surface area contributed by atoms with Gasteiger partial charge >= 0.3 is 0 Å². The van der Waals surface area contributed by atoms with Gasteiger partial charge in [-0.15, -0.1) is 0 Å². The van der Waals surface area contributed by atoms with Gasteiger partial charge in [0.05, 0.1) is 0 Å². The van der Waals surface area contributed by atoms with Crippen LogP contribution in [0, 0.1) is 5.82 Å². The summed E-state index contributed by atoms with van der Waals surface area (Å²) in [5.74, 6) is 0.0967. The predicted octanol–water partition coefficient (Wildman–Crippen LogP) is 2.80. The van der Waals surface area contributed by atoms with E-state index < -0.39 is 0 Å². The minimum Gasteiger partial charge on any atom is -0.489 e. The van der Waals surface area contributed by atoms with Crippen LogP contribution in [0.4, 0.5) is 4.39 Å². The molecule has 4 heteroatoms. The minimum absolute atomic E-state index is 0.00952. The number of hydrogen-bond donors (Lipinski definition) is 1. The average Bonchev–Trinajstić information content (AvgIpc) is 2.35. The topological polar surface area (TPSA) is 38.3 Å². The van der Waals surface area contributed by atoms with Gasteiger partial charge in [-0.2, -0.15) is 0 Å². The van der Waals surface area contributed by atoms with E-state index >= 15 is 0 Å². The largest absolute Gasteiger partial charge is 0.489 e. The Hall–Kier alpha value is -1.68. The van der Waals surface area contributed by atoms with Gasteiger partial charge in [-0.1, -0.05) is 13.0 Å². The molecule has 0 aliphatic heterocycles. The van der Waals surface area contributed by atoms with E-state index in [4.69, 9.17) is 4.74 Å². The molecule has 1 aromatic carbocycles. The highest BCUT2D eigenvalue weighted by molar-refractivity contribution is 5.93. The van der Waals surface area contributed by atoms with E-state index in [9.17, 15) is 9.18 Å². The van der Waals surface area contributed by atoms with Gasteiger partial charge < -0.3 is 10.1 Å². The number of carbonyl (C=O) groups excluding carboxylic acids is 1. The van der Waals surface area contributed by atoms with Crippen LogP contribution in [0.25, 0.3) is 6.08 Å². The van der Waals surface area contributed by atoms with Crippen molar-refractivity contribution >= 4 is 11.9 Å². The Bertz CT molecular complexity index is 457. The molecule has 0 spiro atoms. The number of likely N-dealkylation sites (N-methyl/N-ethyl adjacent to an activating group) is 1. The van der Waals surface area contributed by atoms with E-state index in [0.29, 0.717) is 24.3 Å². The molecule has 3 nitrogen and oxygen atoms in total. The second-order valence-corrected chi connectivity index (χ2v) is 4.36. The first-order valence-electron chi connectivity index (χ1n) is 6.38. The Morgan fingerprint density at radius 2 is 2.21 bits per heavy atom. The van der Waals surface area contributed by atoms with Crippen molar-refractivity contribution < 1.29 is 13.9 Å². The van der Waals surface area contributed by atoms with Crippen molar-refractivity contribution in [3.8, 4) is 5.75 Å². The standard InChI is InChI=1S/C15H20FNO2/c1-4-14(18)6-5-12-7-13(16)9-15(8-12)19-11(2)10-17-3/h5-9,11,17H,4,10H2,1-3H3/b6-5+. The van der Waals surface area contributed by atoms with E-state index in [1.807, 2.05) is 14.0 Å². The molecule has 0 aliphatic rings. The van der Waals surface area contributed by atoms with Crippen molar-refractivity contribution in [1.29, 1.82) is 0 Å². The lowest BCUT2D eigenvalue weighted by molar-refractivity contribution is -0.114. The molecule has 104 valence electrons. The molecule has 1 aromatic rings. The van der Waals surface area contributed by atoms with E-state index in [1.54, 1.807) is 19.1 Å². The quantitative estimate of drug-likeness (QED) is 0.770. The van der Waals surface area contributed by atoms with Crippen LogP contribution in [0.3, 0.4) is 0 Å². The Labute approximate surface area is 113 Å². The zero-order valence-corrected chi connectivity index (χ0v) is 11.6. The van der Waals surface area contributed by atoms with Crippen molar-refractivity contribution in [2.45, 2.75) is 26.4 Å². The molecule has 0 saturated heterocycles. The Morgan fingerprint density at radius 3 is 2.84 bits per heavy atom. The Kier molecular flexibility index (Phi) is 6.22. The lowest BCUT2D eigenvalue weighted by Gasteiger charge is -2.14. The maximum absolute atomic E-state index is 13.5. The molecule has 0 amide bonds. The molecule has 0 radical (unpaired) electrons. The van der Waals surface area contributed by atoms with E-state index in [-0.39, 0.29) is 17.7 Å². The molecule has 1 rings (SSSR count). The molecule has 0 saturated carbocycles. The fourth-order valence-electron chi connectivity index (χ4n) is 1.62. The van der Waals surface area contributed by atoms with Gasteiger partial charge in [-0.3, -0.25) is 4.79 Å². The molecule has 19 heavy (non-hydrogen) atoms. The number of halogens is 1. The number of nitrogens with one attached hydrogen (secondary N) is 1. The van der Waals surface area contributed by atoms with Crippen molar-refractivity contribution in [3.63, 3.8) is 0 Å². The molecule has 0 heterocycles. The third-order valence-electron chi connectivity index (χ3n) is 2.53. The number of rotatable bonds is 7. The molecular weight excluding hydrogens is 245 g/mol. The molecule has 0 fully saturated rings. The Balaban J connectivity index is 2.82. The van der Waals surface area contributed by atoms with Crippen LogP contribution < -0.4 is 10.1 Å². The van der Waals surface area contributed by atoms with Gasteiger partial charge in [0.25, 0.3) is 0 Å². The summed E-state index contributed by atoms with van der Waals surface area (Å²) < 4.78 is 19.0. The molecule has 0 aromatic heterocycles. The summed E-state index contributed by atoms with van der Waals surface area (Å²) in [5.41, 5.74) is 0.619. The summed E-state index contributed by atoms with van der Waals surface area (Å²) in [5, 5.41) is 2.99. The maximum Gasteiger partial charge on any atom is 0.155 e. The summed E-state index contributed by atoms with van der Waals surface area (Å²) in [6.07, 6.45) is 3.44. The highest BCUT2D eigenvalue weighted by Crippen LogP contribution is 2.18. The third kappa shape index (κ3) is 5.66. The highest BCUT2D eigenvalue weighted by atomic mass is 19.1. The maximum atomic E-state index is 13.5. The third-order valence-corrected chi connectivity index (χ3v) is 2.53. The predicted molar refractivity (Wildman–Crippen MR) is 74.7 cm³/mol. The van der Waals surface area contributed by atoms with Crippen LogP contribution in [-0.2, 0) is 4.79 Å². The lowest BCUT2D eigenvalue weighted by atomic mass is 10.1. The smallest absolute Gasteiger partial charge is 0.155 e. The summed E-state index contributed by atoms with van der Waals surface area (Å²) in [7, 11) is 1.83. The first kappa shape index (κ1) is 15.4. The molecule has 0 aliphatic carbocycles. The number of hydrogen-bond acceptors (Lipinski definition) is 3. The van der Waals surface area contributed by atoms with Gasteiger partial charge in [0.1, 0.15) is 17.7 Å². The minimum atomic E-state index is -0.377. The molecule has 1 atom stereocenters. The zero-order chi connectivity index (χ0) is 14.3. The fraction of sp³-hybridized carbons (Fsp3) is 0.400. The summed E-state index contributed by atoms with van der Waals surface area (Å²) in [6, 6.07) is 4.43. The van der Waals surface area contributed by atoms with Crippen LogP contribution >= 0.6 is 0 Å². The second-order valence-electron chi connectivity index (χ2n) is 4.36. The van der Waals surface area contributed by atoms with Gasteiger partial charge in [-0.05, 0) is 37.7 Å². The molecular formula is C15H20FNO2. The summed E-state index contributed by atoms with van der Waals surface area (Å²) in [6.45, 7) is 4.36. The number of carbonyl (C=O) groups is 1. The van der Waals surface area contributed by atoms with Crippen LogP contribution in [-0.4, -0.2) is 25.5 Å². The van der Waals surface area contributed by atoms with Crippen molar-refractivity contribution in [2.75, 3.05) is 13.6 Å². The van der Waals surface area contributed by atoms with Crippen molar-refractivity contribution in [2.24, 2.45) is 0 Å². The number of ether oxygens (including phenoxy) is 1. The SMILES string of the molecule is CCC(=O)/C=C/c1cc(F)cc(OC(C)CNC)c1. The van der Waals surface area contributed by atoms with Crippen LogP contribution in [0.2, 0.25) is 0 Å². The van der Waals surface area contributed by atoms with Gasteiger partial charge in [0, 0.05) is 19.0 Å². The number of benzene rings is 1. The first-order valence-corrected chi connectivity index (χ1v) is 6.38. The van der Waals surface area contributed by atoms with Gasteiger partial charge in [-0.25, -0.2) is 4.39 Å². The van der Waals surface area contributed by atoms with Crippen LogP contribution in [0.5, 0.6) is 5.75 Å². The highest BCUT2D eigenvalue weighted by Gasteiger charge is 2.05. The lowest BCUT2D eigenvalue weighted by Crippen LogP contribution is -2.26. The van der Waals surface area contributed by atoms with E-state index in [0.717, 1.165) is 0 Å². The average molecular weight is 265 g/mol. The molecule has 1 unspecified atom stereocenters. The van der Waals surface area contributed by atoms with Crippen LogP contribution in [0.1, 0.15) is 25.8 Å². The zero-order valence-electron chi connectivity index (χ0n) is 11.6. The monoisotopic (exact) mass is 265 g/mol. The summed E-state index contributed by atoms with van der Waals surface area (Å²) in [4.78, 5) is 11.2. The van der Waals surface area contributed by atoms with Crippen molar-refractivity contribution in [3.05, 3.63) is 35.7 Å². The van der Waals surface area contributed by atoms with Gasteiger partial charge in [0.15, 0.2) is 5.78 Å². The number of allylic oxidation sites excluding steroid dienone is 1. The van der Waals surface area contributed by atoms with E-state index in [2.05, 4.69) is 5.32 Å².